The molecule has 1 atom stereocenters. The molecular formula is C22H29N3O4. The Morgan fingerprint density at radius 3 is 2.62 bits per heavy atom. The van der Waals surface area contributed by atoms with Crippen LogP contribution >= 0.6 is 0 Å². The van der Waals surface area contributed by atoms with Crippen LogP contribution in [-0.4, -0.2) is 42.9 Å². The number of amides is 4. The lowest BCUT2D eigenvalue weighted by atomic mass is 9.87. The third kappa shape index (κ3) is 4.44. The van der Waals surface area contributed by atoms with E-state index in [0.29, 0.717) is 24.3 Å². The summed E-state index contributed by atoms with van der Waals surface area (Å²) in [5.41, 5.74) is 0.888. The number of rotatable bonds is 8. The first kappa shape index (κ1) is 20.9. The molecule has 29 heavy (non-hydrogen) atoms. The maximum Gasteiger partial charge on any atom is 0.325 e. The average Bonchev–Trinajstić information content (AvgIpc) is 2.99. The Labute approximate surface area is 171 Å². The summed E-state index contributed by atoms with van der Waals surface area (Å²) in [5, 5.41) is 5.62. The number of urea groups is 1. The van der Waals surface area contributed by atoms with Gasteiger partial charge in [0, 0.05) is 6.54 Å². The first-order valence-electron chi connectivity index (χ1n) is 10.2. The van der Waals surface area contributed by atoms with Gasteiger partial charge in [0.1, 0.15) is 17.8 Å². The van der Waals surface area contributed by atoms with Crippen molar-refractivity contribution in [3.05, 3.63) is 41.5 Å². The van der Waals surface area contributed by atoms with Crippen molar-refractivity contribution in [2.45, 2.75) is 51.0 Å². The Hall–Kier alpha value is -2.83. The minimum absolute atomic E-state index is 0.276. The molecule has 1 aliphatic heterocycles. The second-order valence-corrected chi connectivity index (χ2v) is 7.52. The quantitative estimate of drug-likeness (QED) is 0.520. The van der Waals surface area contributed by atoms with Gasteiger partial charge in [-0.3, -0.25) is 14.5 Å². The van der Waals surface area contributed by atoms with Gasteiger partial charge in [0.15, 0.2) is 0 Å². The SMILES string of the molecule is CC[C@@]1(c2ccc(OC)cc2)NC(=O)N(CC(=O)NCCC2=CCCCC2)C1=O. The monoisotopic (exact) mass is 399 g/mol. The molecule has 0 saturated carbocycles. The standard InChI is InChI=1S/C22H29N3O4/c1-3-22(17-9-11-18(29-2)12-10-17)20(27)25(21(28)24-22)15-19(26)23-14-13-16-7-5-4-6-8-16/h7,9-12H,3-6,8,13-15H2,1-2H3,(H,23,26)(H,24,28)/t22-/m0/s1. The third-order valence-electron chi connectivity index (χ3n) is 5.74. The number of carbonyl (C=O) groups excluding carboxylic acids is 3. The molecule has 3 rings (SSSR count). The van der Waals surface area contributed by atoms with Crippen LogP contribution in [0.1, 0.15) is 51.0 Å². The molecule has 0 unspecified atom stereocenters. The van der Waals surface area contributed by atoms with Crippen LogP contribution in [0.3, 0.4) is 0 Å². The molecule has 1 aromatic carbocycles. The van der Waals surface area contributed by atoms with Crippen molar-refractivity contribution in [2.75, 3.05) is 20.2 Å². The van der Waals surface area contributed by atoms with Crippen molar-refractivity contribution in [2.24, 2.45) is 0 Å². The zero-order valence-corrected chi connectivity index (χ0v) is 17.1. The van der Waals surface area contributed by atoms with E-state index < -0.39 is 17.5 Å². The van der Waals surface area contributed by atoms with Crippen molar-refractivity contribution in [1.82, 2.24) is 15.5 Å². The average molecular weight is 399 g/mol. The number of imide groups is 1. The molecular weight excluding hydrogens is 370 g/mol. The van der Waals surface area contributed by atoms with Crippen LogP contribution in [0.15, 0.2) is 35.9 Å². The molecule has 156 valence electrons. The van der Waals surface area contributed by atoms with Gasteiger partial charge in [-0.1, -0.05) is 30.7 Å². The number of carbonyl (C=O) groups is 3. The predicted octanol–water partition coefficient (Wildman–Crippen LogP) is 2.86. The normalized spacial score (nSPS) is 21.6. The number of ether oxygens (including phenoxy) is 1. The van der Waals surface area contributed by atoms with E-state index in [4.69, 9.17) is 4.74 Å². The fourth-order valence-electron chi connectivity index (χ4n) is 3.98. The van der Waals surface area contributed by atoms with Gasteiger partial charge in [0.25, 0.3) is 5.91 Å². The Balaban J connectivity index is 1.62. The van der Waals surface area contributed by atoms with E-state index in [1.165, 1.54) is 18.4 Å². The van der Waals surface area contributed by atoms with Crippen LogP contribution < -0.4 is 15.4 Å². The van der Waals surface area contributed by atoms with Crippen LogP contribution in [-0.2, 0) is 15.1 Å². The number of nitrogens with zero attached hydrogens (tertiary/aromatic N) is 1. The van der Waals surface area contributed by atoms with Gasteiger partial charge in [-0.15, -0.1) is 0 Å². The molecule has 1 fully saturated rings. The van der Waals surface area contributed by atoms with Crippen molar-refractivity contribution in [3.63, 3.8) is 0 Å². The van der Waals surface area contributed by atoms with Gasteiger partial charge >= 0.3 is 6.03 Å². The molecule has 7 heteroatoms. The van der Waals surface area contributed by atoms with E-state index in [2.05, 4.69) is 16.7 Å². The zero-order chi connectivity index (χ0) is 20.9. The molecule has 1 saturated heterocycles. The largest absolute Gasteiger partial charge is 0.497 e. The summed E-state index contributed by atoms with van der Waals surface area (Å²) < 4.78 is 5.16. The first-order valence-corrected chi connectivity index (χ1v) is 10.2. The second kappa shape index (κ2) is 9.11. The van der Waals surface area contributed by atoms with Crippen LogP contribution in [0, 0.1) is 0 Å². The summed E-state index contributed by atoms with van der Waals surface area (Å²) in [6.45, 7) is 2.08. The topological polar surface area (TPSA) is 87.7 Å². The van der Waals surface area contributed by atoms with Crippen molar-refractivity contribution < 1.29 is 19.1 Å². The second-order valence-electron chi connectivity index (χ2n) is 7.52. The highest BCUT2D eigenvalue weighted by Crippen LogP contribution is 2.33. The lowest BCUT2D eigenvalue weighted by molar-refractivity contribution is -0.135. The molecule has 0 radical (unpaired) electrons. The molecule has 4 amide bonds. The van der Waals surface area contributed by atoms with E-state index in [1.54, 1.807) is 31.4 Å². The van der Waals surface area contributed by atoms with Gasteiger partial charge in [0.05, 0.1) is 7.11 Å². The Kier molecular flexibility index (Phi) is 6.56. The Morgan fingerprint density at radius 1 is 1.24 bits per heavy atom. The van der Waals surface area contributed by atoms with Crippen molar-refractivity contribution in [1.29, 1.82) is 0 Å². The maximum atomic E-state index is 13.1. The van der Waals surface area contributed by atoms with E-state index in [0.717, 1.165) is 24.2 Å². The van der Waals surface area contributed by atoms with Crippen LogP contribution in [0.5, 0.6) is 5.75 Å². The smallest absolute Gasteiger partial charge is 0.325 e. The highest BCUT2D eigenvalue weighted by atomic mass is 16.5. The number of hydrogen-bond acceptors (Lipinski definition) is 4. The number of hydrogen-bond donors (Lipinski definition) is 2. The van der Waals surface area contributed by atoms with E-state index >= 15 is 0 Å². The molecule has 2 aliphatic rings. The third-order valence-corrected chi connectivity index (χ3v) is 5.74. The van der Waals surface area contributed by atoms with Crippen molar-refractivity contribution in [3.8, 4) is 5.75 Å². The lowest BCUT2D eigenvalue weighted by Crippen LogP contribution is -2.44. The summed E-state index contributed by atoms with van der Waals surface area (Å²) in [4.78, 5) is 38.9. The maximum absolute atomic E-state index is 13.1. The first-order chi connectivity index (χ1) is 14.0. The fourth-order valence-corrected chi connectivity index (χ4v) is 3.98. The van der Waals surface area contributed by atoms with E-state index in [1.807, 2.05) is 6.92 Å². The highest BCUT2D eigenvalue weighted by molar-refractivity contribution is 6.09. The number of allylic oxidation sites excluding steroid dienone is 1. The molecule has 2 N–H and O–H groups in total. The van der Waals surface area contributed by atoms with Crippen LogP contribution in [0.25, 0.3) is 0 Å². The molecule has 1 aliphatic carbocycles. The molecule has 1 aromatic rings. The van der Waals surface area contributed by atoms with Gasteiger partial charge in [-0.05, 0) is 56.2 Å². The van der Waals surface area contributed by atoms with Gasteiger partial charge in [0.2, 0.25) is 5.91 Å². The van der Waals surface area contributed by atoms with Crippen LogP contribution in [0.2, 0.25) is 0 Å². The highest BCUT2D eigenvalue weighted by Gasteiger charge is 2.51. The fraction of sp³-hybridized carbons (Fsp3) is 0.500. The molecule has 0 bridgehead atoms. The Morgan fingerprint density at radius 2 is 2.00 bits per heavy atom. The molecule has 7 nitrogen and oxygen atoms in total. The minimum atomic E-state index is -1.16. The summed E-state index contributed by atoms with van der Waals surface area (Å²) in [7, 11) is 1.57. The lowest BCUT2D eigenvalue weighted by Gasteiger charge is -2.26. The summed E-state index contributed by atoms with van der Waals surface area (Å²) in [5.74, 6) is -0.0621. The summed E-state index contributed by atoms with van der Waals surface area (Å²) in [6, 6.07) is 6.49. The Bertz CT molecular complexity index is 803. The van der Waals surface area contributed by atoms with E-state index in [-0.39, 0.29) is 12.5 Å². The van der Waals surface area contributed by atoms with Crippen LogP contribution in [0.4, 0.5) is 4.79 Å². The molecule has 1 heterocycles. The number of benzene rings is 1. The minimum Gasteiger partial charge on any atom is -0.497 e. The van der Waals surface area contributed by atoms with Crippen molar-refractivity contribution >= 4 is 17.8 Å². The van der Waals surface area contributed by atoms with Gasteiger partial charge in [-0.25, -0.2) is 4.79 Å². The molecule has 0 aromatic heterocycles. The summed E-state index contributed by atoms with van der Waals surface area (Å²) in [6.07, 6.45) is 8.08. The molecule has 0 spiro atoms. The summed E-state index contributed by atoms with van der Waals surface area (Å²) >= 11 is 0. The van der Waals surface area contributed by atoms with E-state index in [9.17, 15) is 14.4 Å². The van der Waals surface area contributed by atoms with Gasteiger partial charge < -0.3 is 15.4 Å². The van der Waals surface area contributed by atoms with Gasteiger partial charge in [-0.2, -0.15) is 0 Å². The number of methoxy groups -OCH3 is 1. The number of nitrogens with one attached hydrogen (secondary N) is 2. The predicted molar refractivity (Wildman–Crippen MR) is 109 cm³/mol. The zero-order valence-electron chi connectivity index (χ0n) is 17.1.